The molecule has 1 aromatic rings. The summed E-state index contributed by atoms with van der Waals surface area (Å²) >= 11 is 0. The zero-order chi connectivity index (χ0) is 12.9. The second kappa shape index (κ2) is 5.96. The highest BCUT2D eigenvalue weighted by molar-refractivity contribution is 7.91. The molecule has 17 heavy (non-hydrogen) atoms. The topological polar surface area (TPSA) is 51.2 Å². The summed E-state index contributed by atoms with van der Waals surface area (Å²) in [5, 5.41) is 0. The van der Waals surface area contributed by atoms with Gasteiger partial charge in [0, 0.05) is 12.8 Å². The first-order chi connectivity index (χ1) is 7.99. The summed E-state index contributed by atoms with van der Waals surface area (Å²) in [6, 6.07) is 6.80. The van der Waals surface area contributed by atoms with Crippen LogP contribution in [-0.4, -0.2) is 20.0 Å². The molecule has 0 bridgehead atoms. The molecule has 0 saturated heterocycles. The van der Waals surface area contributed by atoms with Crippen molar-refractivity contribution in [3.8, 4) is 0 Å². The van der Waals surface area contributed by atoms with Gasteiger partial charge in [0.05, 0.1) is 10.6 Å². The lowest BCUT2D eigenvalue weighted by atomic mass is 10.1. The first-order valence-electron chi connectivity index (χ1n) is 5.83. The van der Waals surface area contributed by atoms with E-state index >= 15 is 0 Å². The molecule has 0 radical (unpaired) electrons. The van der Waals surface area contributed by atoms with Crippen LogP contribution in [0.15, 0.2) is 29.2 Å². The molecule has 94 valence electrons. The summed E-state index contributed by atoms with van der Waals surface area (Å²) in [5.74, 6) is 0.343. The molecule has 1 rings (SSSR count). The summed E-state index contributed by atoms with van der Waals surface area (Å²) in [4.78, 5) is 11.5. The van der Waals surface area contributed by atoms with Gasteiger partial charge in [-0.15, -0.1) is 0 Å². The number of sulfone groups is 1. The van der Waals surface area contributed by atoms with E-state index in [1.165, 1.54) is 0 Å². The molecule has 3 nitrogen and oxygen atoms in total. The molecule has 0 fully saturated rings. The zero-order valence-electron chi connectivity index (χ0n) is 10.3. The molecule has 0 aliphatic carbocycles. The van der Waals surface area contributed by atoms with Gasteiger partial charge in [-0.2, -0.15) is 0 Å². The van der Waals surface area contributed by atoms with Gasteiger partial charge in [0.15, 0.2) is 9.84 Å². The van der Waals surface area contributed by atoms with Crippen molar-refractivity contribution in [3.63, 3.8) is 0 Å². The van der Waals surface area contributed by atoms with Crippen molar-refractivity contribution in [2.24, 2.45) is 0 Å². The molecule has 0 heterocycles. The second-order valence-electron chi connectivity index (χ2n) is 3.94. The minimum Gasteiger partial charge on any atom is -0.300 e. The van der Waals surface area contributed by atoms with Crippen molar-refractivity contribution < 1.29 is 13.2 Å². The maximum Gasteiger partial charge on any atom is 0.178 e. The van der Waals surface area contributed by atoms with Gasteiger partial charge in [0.2, 0.25) is 0 Å². The fourth-order valence-corrected chi connectivity index (χ4v) is 2.37. The first-order valence-corrected chi connectivity index (χ1v) is 7.48. The maximum absolute atomic E-state index is 11.6. The van der Waals surface area contributed by atoms with E-state index in [4.69, 9.17) is 0 Å². The molecule has 0 aliphatic rings. The quantitative estimate of drug-likeness (QED) is 0.783. The lowest BCUT2D eigenvalue weighted by Gasteiger charge is -2.03. The molecule has 0 aliphatic heterocycles. The van der Waals surface area contributed by atoms with Crippen molar-refractivity contribution in [1.82, 2.24) is 0 Å². The third-order valence-corrected chi connectivity index (χ3v) is 4.50. The van der Waals surface area contributed by atoms with Gasteiger partial charge in [0.25, 0.3) is 0 Å². The van der Waals surface area contributed by atoms with E-state index in [9.17, 15) is 13.2 Å². The van der Waals surface area contributed by atoms with E-state index in [1.807, 2.05) is 6.92 Å². The van der Waals surface area contributed by atoms with Crippen LogP contribution >= 0.6 is 0 Å². The zero-order valence-corrected chi connectivity index (χ0v) is 11.1. The summed E-state index contributed by atoms with van der Waals surface area (Å²) in [5.41, 5.74) is 1.00. The minimum atomic E-state index is -3.12. The summed E-state index contributed by atoms with van der Waals surface area (Å²) in [6.07, 6.45) is 1.76. The number of Topliss-reactive ketones (excluding diaryl/α,β-unsaturated/α-hetero) is 1. The lowest BCUT2D eigenvalue weighted by Crippen LogP contribution is -2.04. The molecular weight excluding hydrogens is 236 g/mol. The molecular formula is C13H18O3S. The van der Waals surface area contributed by atoms with Gasteiger partial charge in [-0.05, 0) is 24.1 Å². The first kappa shape index (κ1) is 13.9. The fourth-order valence-electron chi connectivity index (χ4n) is 1.49. The Kier molecular flexibility index (Phi) is 4.87. The van der Waals surface area contributed by atoms with Gasteiger partial charge < -0.3 is 0 Å². The van der Waals surface area contributed by atoms with Crippen LogP contribution in [-0.2, 0) is 21.1 Å². The van der Waals surface area contributed by atoms with Crippen LogP contribution < -0.4 is 0 Å². The van der Waals surface area contributed by atoms with Crippen molar-refractivity contribution in [3.05, 3.63) is 29.8 Å². The van der Waals surface area contributed by atoms with Gasteiger partial charge in [-0.25, -0.2) is 8.42 Å². The lowest BCUT2D eigenvalue weighted by molar-refractivity contribution is -0.118. The maximum atomic E-state index is 11.6. The van der Waals surface area contributed by atoms with Crippen LogP contribution in [0.5, 0.6) is 0 Å². The average molecular weight is 254 g/mol. The Morgan fingerprint density at radius 1 is 1.12 bits per heavy atom. The van der Waals surface area contributed by atoms with E-state index in [2.05, 4.69) is 0 Å². The molecule has 1 aromatic carbocycles. The van der Waals surface area contributed by atoms with E-state index < -0.39 is 9.84 Å². The highest BCUT2D eigenvalue weighted by atomic mass is 32.2. The Labute approximate surface area is 103 Å². The van der Waals surface area contributed by atoms with E-state index in [-0.39, 0.29) is 11.5 Å². The normalized spacial score (nSPS) is 11.4. The highest BCUT2D eigenvalue weighted by Crippen LogP contribution is 2.13. The standard InChI is InChI=1S/C13H18O3S/c1-3-12(14)8-5-11-6-9-13(10-7-11)17(15,16)4-2/h6-7,9-10H,3-5,8H2,1-2H3. The van der Waals surface area contributed by atoms with E-state index in [0.717, 1.165) is 5.56 Å². The SMILES string of the molecule is CCC(=O)CCc1ccc(S(=O)(=O)CC)cc1. The molecule has 0 saturated carbocycles. The van der Waals surface area contributed by atoms with Gasteiger partial charge in [-0.3, -0.25) is 4.79 Å². The number of aryl methyl sites for hydroxylation is 1. The Morgan fingerprint density at radius 2 is 1.71 bits per heavy atom. The van der Waals surface area contributed by atoms with Gasteiger partial charge >= 0.3 is 0 Å². The van der Waals surface area contributed by atoms with Gasteiger partial charge in [-0.1, -0.05) is 26.0 Å². The van der Waals surface area contributed by atoms with Crippen LogP contribution in [0.1, 0.15) is 32.3 Å². The number of benzene rings is 1. The molecule has 4 heteroatoms. The monoisotopic (exact) mass is 254 g/mol. The van der Waals surface area contributed by atoms with E-state index in [0.29, 0.717) is 24.2 Å². The average Bonchev–Trinajstić information content (AvgIpc) is 2.36. The molecule has 0 atom stereocenters. The molecule has 0 spiro atoms. The summed E-state index contributed by atoms with van der Waals surface area (Å²) in [6.45, 7) is 3.47. The number of hydrogen-bond donors (Lipinski definition) is 0. The number of rotatable bonds is 6. The van der Waals surface area contributed by atoms with E-state index in [1.54, 1.807) is 31.2 Å². The number of ketones is 1. The van der Waals surface area contributed by atoms with Crippen LogP contribution in [0.2, 0.25) is 0 Å². The summed E-state index contributed by atoms with van der Waals surface area (Å²) in [7, 11) is -3.12. The second-order valence-corrected chi connectivity index (χ2v) is 6.22. The Bertz CT molecular complexity index is 472. The molecule has 0 unspecified atom stereocenters. The Hall–Kier alpha value is -1.16. The largest absolute Gasteiger partial charge is 0.300 e. The Balaban J connectivity index is 2.72. The highest BCUT2D eigenvalue weighted by Gasteiger charge is 2.10. The minimum absolute atomic E-state index is 0.112. The predicted octanol–water partition coefficient (Wildman–Crippen LogP) is 2.39. The number of carbonyl (C=O) groups excluding carboxylic acids is 1. The number of carbonyl (C=O) groups is 1. The third kappa shape index (κ3) is 3.97. The van der Waals surface area contributed by atoms with Gasteiger partial charge in [0.1, 0.15) is 5.78 Å². The number of hydrogen-bond acceptors (Lipinski definition) is 3. The van der Waals surface area contributed by atoms with Crippen molar-refractivity contribution in [2.75, 3.05) is 5.75 Å². The van der Waals surface area contributed by atoms with Crippen molar-refractivity contribution >= 4 is 15.6 Å². The third-order valence-electron chi connectivity index (χ3n) is 2.75. The fraction of sp³-hybridized carbons (Fsp3) is 0.462. The van der Waals surface area contributed by atoms with Crippen LogP contribution in [0.25, 0.3) is 0 Å². The van der Waals surface area contributed by atoms with Crippen molar-refractivity contribution in [1.29, 1.82) is 0 Å². The van der Waals surface area contributed by atoms with Crippen LogP contribution in [0.3, 0.4) is 0 Å². The predicted molar refractivity (Wildman–Crippen MR) is 67.8 cm³/mol. The summed E-state index contributed by atoms with van der Waals surface area (Å²) < 4.78 is 23.1. The van der Waals surface area contributed by atoms with Crippen LogP contribution in [0, 0.1) is 0 Å². The molecule has 0 amide bonds. The molecule has 0 aromatic heterocycles. The molecule has 0 N–H and O–H groups in total. The van der Waals surface area contributed by atoms with Crippen molar-refractivity contribution in [2.45, 2.75) is 38.0 Å². The smallest absolute Gasteiger partial charge is 0.178 e. The Morgan fingerprint density at radius 3 is 2.18 bits per heavy atom. The van der Waals surface area contributed by atoms with Crippen LogP contribution in [0.4, 0.5) is 0 Å².